The second kappa shape index (κ2) is 8.33. The van der Waals surface area contributed by atoms with Crippen LogP contribution < -0.4 is 11.1 Å². The number of rotatable bonds is 6. The van der Waals surface area contributed by atoms with Crippen molar-refractivity contribution in [2.45, 2.75) is 45.3 Å². The minimum atomic E-state index is -0.973. The largest absolute Gasteiger partial charge is 0.467 e. The number of methoxy groups -OCH3 is 1. The summed E-state index contributed by atoms with van der Waals surface area (Å²) in [5.74, 6) is -0.859. The van der Waals surface area contributed by atoms with E-state index < -0.39 is 23.7 Å². The van der Waals surface area contributed by atoms with Crippen LogP contribution in [0, 0.1) is 0 Å². The van der Waals surface area contributed by atoms with Crippen molar-refractivity contribution in [3.63, 3.8) is 0 Å². The quantitative estimate of drug-likeness (QED) is 0.469. The molecule has 0 radical (unpaired) electrons. The number of hydrogen-bond acceptors (Lipinski definition) is 6. The molecule has 0 aromatic heterocycles. The van der Waals surface area contributed by atoms with E-state index in [4.69, 9.17) is 10.5 Å². The Bertz CT molecular complexity index is 607. The Kier molecular flexibility index (Phi) is 6.76. The molecule has 1 aromatic rings. The van der Waals surface area contributed by atoms with Gasteiger partial charge in [-0.2, -0.15) is 0 Å². The zero-order chi connectivity index (χ0) is 18.3. The number of nitrogens with two attached hydrogens (primary N) is 1. The molecule has 0 bridgehead atoms. The van der Waals surface area contributed by atoms with Gasteiger partial charge >= 0.3 is 12.1 Å². The predicted octanol–water partition coefficient (Wildman–Crippen LogP) is 2.30. The molecular formula is C17H24N2O5. The summed E-state index contributed by atoms with van der Waals surface area (Å²) in [4.78, 5) is 35.8. The molecule has 0 spiro atoms. The molecule has 1 rings (SSSR count). The van der Waals surface area contributed by atoms with Crippen LogP contribution in [0.15, 0.2) is 24.3 Å². The van der Waals surface area contributed by atoms with E-state index in [1.54, 1.807) is 45.0 Å². The van der Waals surface area contributed by atoms with Crippen molar-refractivity contribution in [1.29, 1.82) is 0 Å². The number of benzene rings is 1. The van der Waals surface area contributed by atoms with Crippen LogP contribution in [-0.4, -0.2) is 36.6 Å². The second-order valence-electron chi connectivity index (χ2n) is 6.27. The number of amides is 1. The maximum Gasteiger partial charge on any atom is 0.408 e. The fourth-order valence-corrected chi connectivity index (χ4v) is 2.00. The molecular weight excluding hydrogens is 312 g/mol. The molecule has 0 saturated carbocycles. The zero-order valence-corrected chi connectivity index (χ0v) is 14.4. The minimum Gasteiger partial charge on any atom is -0.467 e. The molecule has 132 valence electrons. The Hall–Kier alpha value is -2.57. The van der Waals surface area contributed by atoms with Gasteiger partial charge in [0.1, 0.15) is 11.6 Å². The average molecular weight is 336 g/mol. The first-order chi connectivity index (χ1) is 11.1. The lowest BCUT2D eigenvalue weighted by Crippen LogP contribution is -2.44. The SMILES string of the molecule is COC(=O)[C@H](CCC(=O)c1ccccc1N)NC(=O)OC(C)(C)C. The third-order valence-electron chi connectivity index (χ3n) is 3.10. The molecule has 0 aliphatic carbocycles. The summed E-state index contributed by atoms with van der Waals surface area (Å²) in [7, 11) is 1.21. The van der Waals surface area contributed by atoms with Crippen LogP contribution in [-0.2, 0) is 14.3 Å². The molecule has 1 atom stereocenters. The van der Waals surface area contributed by atoms with Crippen molar-refractivity contribution >= 4 is 23.5 Å². The van der Waals surface area contributed by atoms with Crippen LogP contribution in [0.2, 0.25) is 0 Å². The number of ketones is 1. The number of ether oxygens (including phenoxy) is 2. The molecule has 0 aliphatic rings. The van der Waals surface area contributed by atoms with Crippen LogP contribution in [0.25, 0.3) is 0 Å². The first-order valence-corrected chi connectivity index (χ1v) is 7.59. The zero-order valence-electron chi connectivity index (χ0n) is 14.4. The Morgan fingerprint density at radius 1 is 1.21 bits per heavy atom. The molecule has 1 aromatic carbocycles. The van der Waals surface area contributed by atoms with Gasteiger partial charge in [0.15, 0.2) is 5.78 Å². The number of anilines is 1. The number of para-hydroxylation sites is 1. The summed E-state index contributed by atoms with van der Waals surface area (Å²) in [6.45, 7) is 5.13. The average Bonchev–Trinajstić information content (AvgIpc) is 2.49. The lowest BCUT2D eigenvalue weighted by atomic mass is 10.0. The number of carbonyl (C=O) groups excluding carboxylic acids is 3. The van der Waals surface area contributed by atoms with Crippen molar-refractivity contribution in [2.75, 3.05) is 12.8 Å². The minimum absolute atomic E-state index is 0.0315. The van der Waals surface area contributed by atoms with E-state index in [-0.39, 0.29) is 18.6 Å². The molecule has 24 heavy (non-hydrogen) atoms. The van der Waals surface area contributed by atoms with Gasteiger partial charge in [0, 0.05) is 17.7 Å². The predicted molar refractivity (Wildman–Crippen MR) is 89.6 cm³/mol. The highest BCUT2D eigenvalue weighted by Gasteiger charge is 2.26. The maximum atomic E-state index is 12.2. The van der Waals surface area contributed by atoms with Gasteiger partial charge < -0.3 is 20.5 Å². The van der Waals surface area contributed by atoms with Crippen molar-refractivity contribution in [3.05, 3.63) is 29.8 Å². The maximum absolute atomic E-state index is 12.2. The number of alkyl carbamates (subject to hydrolysis) is 1. The fraction of sp³-hybridized carbons (Fsp3) is 0.471. The van der Waals surface area contributed by atoms with Gasteiger partial charge in [0.2, 0.25) is 0 Å². The number of Topliss-reactive ketones (excluding diaryl/α,β-unsaturated/α-hetero) is 1. The number of carbonyl (C=O) groups is 3. The first kappa shape index (κ1) is 19.5. The van der Waals surface area contributed by atoms with Gasteiger partial charge in [0.05, 0.1) is 7.11 Å². The van der Waals surface area contributed by atoms with E-state index in [0.29, 0.717) is 11.3 Å². The molecule has 0 saturated heterocycles. The highest BCUT2D eigenvalue weighted by molar-refractivity contribution is 6.01. The number of esters is 1. The van der Waals surface area contributed by atoms with Crippen molar-refractivity contribution < 1.29 is 23.9 Å². The van der Waals surface area contributed by atoms with Crippen LogP contribution in [0.1, 0.15) is 44.0 Å². The summed E-state index contributed by atoms with van der Waals surface area (Å²) >= 11 is 0. The van der Waals surface area contributed by atoms with Gasteiger partial charge in [-0.3, -0.25) is 4.79 Å². The van der Waals surface area contributed by atoms with Crippen molar-refractivity contribution in [1.82, 2.24) is 5.32 Å². The van der Waals surface area contributed by atoms with Gasteiger partial charge in [-0.15, -0.1) is 0 Å². The topological polar surface area (TPSA) is 108 Å². The van der Waals surface area contributed by atoms with Crippen molar-refractivity contribution in [2.24, 2.45) is 0 Å². The Labute approximate surface area is 141 Å². The molecule has 7 nitrogen and oxygen atoms in total. The lowest BCUT2D eigenvalue weighted by Gasteiger charge is -2.22. The van der Waals surface area contributed by atoms with Gasteiger partial charge in [-0.25, -0.2) is 9.59 Å². The molecule has 0 unspecified atom stereocenters. The summed E-state index contributed by atoms with van der Waals surface area (Å²) in [5, 5.41) is 2.43. The summed E-state index contributed by atoms with van der Waals surface area (Å²) in [6, 6.07) is 5.71. The molecule has 0 fully saturated rings. The van der Waals surface area contributed by atoms with E-state index in [9.17, 15) is 14.4 Å². The normalized spacial score (nSPS) is 12.2. The summed E-state index contributed by atoms with van der Waals surface area (Å²) in [5.41, 5.74) is 5.83. The van der Waals surface area contributed by atoms with E-state index in [1.165, 1.54) is 7.11 Å². The molecule has 3 N–H and O–H groups in total. The van der Waals surface area contributed by atoms with Crippen molar-refractivity contribution in [3.8, 4) is 0 Å². The fourth-order valence-electron chi connectivity index (χ4n) is 2.00. The molecule has 0 heterocycles. The van der Waals surface area contributed by atoms with Gasteiger partial charge in [-0.1, -0.05) is 12.1 Å². The molecule has 1 amide bonds. The second-order valence-corrected chi connectivity index (χ2v) is 6.27. The number of hydrogen-bond donors (Lipinski definition) is 2. The Morgan fingerprint density at radius 2 is 1.83 bits per heavy atom. The first-order valence-electron chi connectivity index (χ1n) is 7.59. The van der Waals surface area contributed by atoms with Crippen LogP contribution >= 0.6 is 0 Å². The van der Waals surface area contributed by atoms with Gasteiger partial charge in [0.25, 0.3) is 0 Å². The number of nitrogen functional groups attached to an aromatic ring is 1. The summed E-state index contributed by atoms with van der Waals surface area (Å²) < 4.78 is 9.77. The standard InChI is InChI=1S/C17H24N2O5/c1-17(2,3)24-16(22)19-13(15(21)23-4)9-10-14(20)11-7-5-6-8-12(11)18/h5-8,13H,9-10,18H2,1-4H3,(H,19,22)/t13-/m0/s1. The lowest BCUT2D eigenvalue weighted by molar-refractivity contribution is -0.143. The Balaban J connectivity index is 2.70. The van der Waals surface area contributed by atoms with E-state index in [0.717, 1.165) is 0 Å². The monoisotopic (exact) mass is 336 g/mol. The highest BCUT2D eigenvalue weighted by atomic mass is 16.6. The highest BCUT2D eigenvalue weighted by Crippen LogP contribution is 2.15. The van der Waals surface area contributed by atoms with Crippen LogP contribution in [0.3, 0.4) is 0 Å². The Morgan fingerprint density at radius 3 is 2.38 bits per heavy atom. The third-order valence-corrected chi connectivity index (χ3v) is 3.10. The van der Waals surface area contributed by atoms with E-state index in [2.05, 4.69) is 10.1 Å². The van der Waals surface area contributed by atoms with Gasteiger partial charge in [-0.05, 0) is 39.3 Å². The smallest absolute Gasteiger partial charge is 0.408 e. The van der Waals surface area contributed by atoms with E-state index in [1.807, 2.05) is 0 Å². The van der Waals surface area contributed by atoms with Crippen LogP contribution in [0.4, 0.5) is 10.5 Å². The third kappa shape index (κ3) is 6.28. The van der Waals surface area contributed by atoms with Crippen LogP contribution in [0.5, 0.6) is 0 Å². The number of nitrogens with one attached hydrogen (secondary N) is 1. The molecule has 7 heteroatoms. The summed E-state index contributed by atoms with van der Waals surface area (Å²) in [6.07, 6.45) is -0.632. The van der Waals surface area contributed by atoms with E-state index >= 15 is 0 Å². The molecule has 0 aliphatic heterocycles.